The van der Waals surface area contributed by atoms with Crippen LogP contribution in [-0.4, -0.2) is 72.9 Å². The minimum atomic E-state index is -0.110. The quantitative estimate of drug-likeness (QED) is 0.272. The smallest absolute Gasteiger partial charge is 0.233 e. The fourth-order valence-electron chi connectivity index (χ4n) is 5.82. The molecule has 2 saturated heterocycles. The van der Waals surface area contributed by atoms with E-state index in [4.69, 9.17) is 4.99 Å². The van der Waals surface area contributed by atoms with Crippen LogP contribution < -0.4 is 10.6 Å². The number of aliphatic imine (C=N–C) groups is 1. The third-order valence-corrected chi connectivity index (χ3v) is 7.35. The van der Waals surface area contributed by atoms with E-state index >= 15 is 0 Å². The van der Waals surface area contributed by atoms with Crippen molar-refractivity contribution in [2.75, 3.05) is 39.3 Å². The lowest BCUT2D eigenvalue weighted by Crippen LogP contribution is -2.45. The first kappa shape index (κ1) is 21.3. The van der Waals surface area contributed by atoms with Crippen molar-refractivity contribution >= 4 is 17.8 Å². The Labute approximate surface area is 180 Å². The van der Waals surface area contributed by atoms with Crippen molar-refractivity contribution in [1.29, 1.82) is 0 Å². The molecule has 0 aromatic rings. The molecule has 0 radical (unpaired) electrons. The number of hydrogen-bond donors (Lipinski definition) is 2. The summed E-state index contributed by atoms with van der Waals surface area (Å²) in [6, 6.07) is 0.451. The Morgan fingerprint density at radius 2 is 1.73 bits per heavy atom. The molecule has 7 nitrogen and oxygen atoms in total. The van der Waals surface area contributed by atoms with Gasteiger partial charge in [-0.05, 0) is 57.0 Å². The Morgan fingerprint density at radius 1 is 1.10 bits per heavy atom. The summed E-state index contributed by atoms with van der Waals surface area (Å²) in [6.45, 7) is 11.4. The molecule has 2 amide bonds. The number of nitrogens with one attached hydrogen (secondary N) is 2. The third-order valence-electron chi connectivity index (χ3n) is 7.35. The zero-order valence-corrected chi connectivity index (χ0v) is 18.6. The molecule has 4 rings (SSSR count). The van der Waals surface area contributed by atoms with Gasteiger partial charge >= 0.3 is 0 Å². The molecule has 0 aromatic heterocycles. The van der Waals surface area contributed by atoms with Gasteiger partial charge in [0.1, 0.15) is 0 Å². The van der Waals surface area contributed by atoms with E-state index in [1.807, 2.05) is 0 Å². The summed E-state index contributed by atoms with van der Waals surface area (Å²) < 4.78 is 0. The van der Waals surface area contributed by atoms with Crippen LogP contribution in [0.1, 0.15) is 40.0 Å². The van der Waals surface area contributed by atoms with Crippen LogP contribution in [0.2, 0.25) is 0 Å². The Morgan fingerprint density at radius 3 is 2.30 bits per heavy atom. The SMILES string of the molecule is CCNC(=NCC(C(C)C)N1CCCC1)NCCN1C(=O)C2C3C=CC(C3)C2C1=O. The first-order chi connectivity index (χ1) is 14.5. The molecule has 0 aromatic carbocycles. The molecule has 7 heteroatoms. The molecular formula is C23H37N5O2. The summed E-state index contributed by atoms with van der Waals surface area (Å²) >= 11 is 0. The summed E-state index contributed by atoms with van der Waals surface area (Å²) in [7, 11) is 0. The monoisotopic (exact) mass is 415 g/mol. The first-order valence-corrected chi connectivity index (χ1v) is 11.8. The van der Waals surface area contributed by atoms with E-state index in [9.17, 15) is 9.59 Å². The van der Waals surface area contributed by atoms with Crippen molar-refractivity contribution in [3.63, 3.8) is 0 Å². The first-order valence-electron chi connectivity index (χ1n) is 11.8. The normalized spacial score (nSPS) is 31.9. The number of nitrogens with zero attached hydrogens (tertiary/aromatic N) is 3. The summed E-state index contributed by atoms with van der Waals surface area (Å²) in [5.41, 5.74) is 0. The summed E-state index contributed by atoms with van der Waals surface area (Å²) in [4.78, 5) is 34.5. The van der Waals surface area contributed by atoms with Crippen molar-refractivity contribution in [2.24, 2.45) is 34.6 Å². The van der Waals surface area contributed by atoms with Crippen molar-refractivity contribution in [3.05, 3.63) is 12.2 Å². The number of rotatable bonds is 8. The molecule has 5 unspecified atom stereocenters. The third kappa shape index (κ3) is 4.01. The van der Waals surface area contributed by atoms with Crippen LogP contribution >= 0.6 is 0 Å². The number of carbonyl (C=O) groups is 2. The van der Waals surface area contributed by atoms with Crippen molar-refractivity contribution < 1.29 is 9.59 Å². The van der Waals surface area contributed by atoms with E-state index in [1.54, 1.807) is 0 Å². The molecule has 166 valence electrons. The van der Waals surface area contributed by atoms with Crippen LogP contribution in [0.25, 0.3) is 0 Å². The van der Waals surface area contributed by atoms with Crippen LogP contribution in [-0.2, 0) is 9.59 Å². The fraction of sp³-hybridized carbons (Fsp3) is 0.783. The molecule has 4 aliphatic rings. The number of fused-ring (bicyclic) bond motifs is 5. The maximum atomic E-state index is 12.8. The number of amides is 2. The second-order valence-corrected chi connectivity index (χ2v) is 9.53. The minimum absolute atomic E-state index is 0.0273. The maximum Gasteiger partial charge on any atom is 0.233 e. The second kappa shape index (κ2) is 9.08. The van der Waals surface area contributed by atoms with Gasteiger partial charge in [-0.3, -0.25) is 24.4 Å². The molecule has 5 atom stereocenters. The lowest BCUT2D eigenvalue weighted by atomic mass is 9.85. The Hall–Kier alpha value is -1.89. The van der Waals surface area contributed by atoms with Crippen molar-refractivity contribution in [3.8, 4) is 0 Å². The molecule has 2 aliphatic heterocycles. The van der Waals surface area contributed by atoms with Crippen LogP contribution in [0, 0.1) is 29.6 Å². The summed E-state index contributed by atoms with van der Waals surface area (Å²) in [6.07, 6.45) is 7.81. The molecular weight excluding hydrogens is 378 g/mol. The van der Waals surface area contributed by atoms with Crippen LogP contribution in [0.3, 0.4) is 0 Å². The van der Waals surface area contributed by atoms with Crippen molar-refractivity contribution in [2.45, 2.75) is 46.1 Å². The Bertz CT molecular complexity index is 682. The van der Waals surface area contributed by atoms with E-state index in [-0.39, 0.29) is 35.5 Å². The van der Waals surface area contributed by atoms with E-state index in [2.05, 4.69) is 48.5 Å². The number of allylic oxidation sites excluding steroid dienone is 2. The number of carbonyl (C=O) groups excluding carboxylic acids is 2. The fourth-order valence-corrected chi connectivity index (χ4v) is 5.82. The second-order valence-electron chi connectivity index (χ2n) is 9.53. The molecule has 1 saturated carbocycles. The number of imide groups is 1. The molecule has 30 heavy (non-hydrogen) atoms. The highest BCUT2D eigenvalue weighted by atomic mass is 16.2. The van der Waals surface area contributed by atoms with Crippen molar-refractivity contribution in [1.82, 2.24) is 20.4 Å². The zero-order valence-electron chi connectivity index (χ0n) is 18.6. The molecule has 3 fully saturated rings. The zero-order chi connectivity index (χ0) is 21.3. The van der Waals surface area contributed by atoms with Crippen LogP contribution in [0.15, 0.2) is 17.1 Å². The van der Waals surface area contributed by atoms with Gasteiger partial charge in [0.25, 0.3) is 0 Å². The summed E-state index contributed by atoms with van der Waals surface area (Å²) in [5, 5.41) is 6.64. The Balaban J connectivity index is 1.31. The van der Waals surface area contributed by atoms with Gasteiger partial charge in [-0.15, -0.1) is 0 Å². The number of hydrogen-bond acceptors (Lipinski definition) is 4. The number of likely N-dealkylation sites (tertiary alicyclic amines) is 2. The molecule has 2 heterocycles. The van der Waals surface area contributed by atoms with Crippen LogP contribution in [0.4, 0.5) is 0 Å². The van der Waals surface area contributed by atoms with Gasteiger partial charge in [0.2, 0.25) is 11.8 Å². The molecule has 2 N–H and O–H groups in total. The van der Waals surface area contributed by atoms with Crippen LogP contribution in [0.5, 0.6) is 0 Å². The van der Waals surface area contributed by atoms with E-state index in [0.29, 0.717) is 25.0 Å². The topological polar surface area (TPSA) is 77.0 Å². The van der Waals surface area contributed by atoms with Gasteiger partial charge < -0.3 is 10.6 Å². The molecule has 2 aliphatic carbocycles. The lowest BCUT2D eigenvalue weighted by Gasteiger charge is -2.29. The number of guanidine groups is 1. The van der Waals surface area contributed by atoms with Gasteiger partial charge in [-0.2, -0.15) is 0 Å². The largest absolute Gasteiger partial charge is 0.357 e. The van der Waals surface area contributed by atoms with Gasteiger partial charge in [-0.1, -0.05) is 26.0 Å². The lowest BCUT2D eigenvalue weighted by molar-refractivity contribution is -0.140. The highest BCUT2D eigenvalue weighted by molar-refractivity contribution is 6.06. The van der Waals surface area contributed by atoms with Gasteiger partial charge in [0.15, 0.2) is 5.96 Å². The average Bonchev–Trinajstić information content (AvgIpc) is 3.49. The average molecular weight is 416 g/mol. The summed E-state index contributed by atoms with van der Waals surface area (Å²) in [5.74, 6) is 1.70. The minimum Gasteiger partial charge on any atom is -0.357 e. The predicted molar refractivity (Wildman–Crippen MR) is 118 cm³/mol. The maximum absolute atomic E-state index is 12.8. The molecule has 2 bridgehead atoms. The molecule has 0 spiro atoms. The van der Waals surface area contributed by atoms with Gasteiger partial charge in [-0.25, -0.2) is 0 Å². The van der Waals surface area contributed by atoms with Gasteiger partial charge in [0.05, 0.1) is 18.4 Å². The van der Waals surface area contributed by atoms with E-state index in [1.165, 1.54) is 30.8 Å². The highest BCUT2D eigenvalue weighted by Gasteiger charge is 2.58. The van der Waals surface area contributed by atoms with Gasteiger partial charge in [0, 0.05) is 25.7 Å². The highest BCUT2D eigenvalue weighted by Crippen LogP contribution is 2.52. The van der Waals surface area contributed by atoms with E-state index in [0.717, 1.165) is 25.5 Å². The Kier molecular flexibility index (Phi) is 6.46. The standard InChI is InChI=1S/C23H37N5O2/c1-4-24-23(26-14-18(15(2)3)27-10-5-6-11-27)25-9-12-28-21(29)19-16-7-8-17(13-16)20(19)22(28)30/h7-8,15-20H,4-6,9-14H2,1-3H3,(H2,24,25,26). The predicted octanol–water partition coefficient (Wildman–Crippen LogP) is 1.47. The van der Waals surface area contributed by atoms with E-state index < -0.39 is 0 Å².